The molecule has 0 aliphatic heterocycles. The van der Waals surface area contributed by atoms with Crippen molar-refractivity contribution in [1.29, 1.82) is 0 Å². The lowest BCUT2D eigenvalue weighted by atomic mass is 10.2. The molecular weight excluding hydrogens is 156 g/mol. The van der Waals surface area contributed by atoms with Crippen LogP contribution in [0.15, 0.2) is 29.3 Å². The Morgan fingerprint density at radius 3 is 3.00 bits per heavy atom. The molecule has 2 aromatic heterocycles. The maximum atomic E-state index is 5.62. The highest BCUT2D eigenvalue weighted by Crippen LogP contribution is 2.21. The predicted molar refractivity (Wildman–Crippen MR) is 41.9 cm³/mol. The SMILES string of the molecule is Nc1cnccc1-c1ncno1. The third-order valence-corrected chi connectivity index (χ3v) is 1.44. The predicted octanol–water partition coefficient (Wildman–Crippen LogP) is 0.714. The van der Waals surface area contributed by atoms with Crippen LogP contribution >= 0.6 is 0 Å². The normalized spacial score (nSPS) is 10.0. The monoisotopic (exact) mass is 162 g/mol. The molecule has 2 rings (SSSR count). The van der Waals surface area contributed by atoms with Gasteiger partial charge in [0.1, 0.15) is 0 Å². The first-order chi connectivity index (χ1) is 5.88. The number of hydrogen-bond donors (Lipinski definition) is 1. The van der Waals surface area contributed by atoms with Gasteiger partial charge in [-0.15, -0.1) is 0 Å². The standard InChI is InChI=1S/C7H6N4O/c8-6-3-9-2-1-5(6)7-10-4-11-12-7/h1-4H,8H2. The van der Waals surface area contributed by atoms with Gasteiger partial charge in [-0.3, -0.25) is 4.98 Å². The average molecular weight is 162 g/mol. The van der Waals surface area contributed by atoms with E-state index in [1.165, 1.54) is 6.33 Å². The number of nitrogens with zero attached hydrogens (tertiary/aromatic N) is 3. The first kappa shape index (κ1) is 6.78. The van der Waals surface area contributed by atoms with E-state index in [9.17, 15) is 0 Å². The largest absolute Gasteiger partial charge is 0.397 e. The number of anilines is 1. The van der Waals surface area contributed by atoms with Crippen LogP contribution in [0.25, 0.3) is 11.5 Å². The zero-order chi connectivity index (χ0) is 8.39. The molecule has 2 heterocycles. The van der Waals surface area contributed by atoms with Crippen molar-refractivity contribution in [3.63, 3.8) is 0 Å². The van der Waals surface area contributed by atoms with Gasteiger partial charge in [0, 0.05) is 6.20 Å². The molecule has 0 amide bonds. The third kappa shape index (κ3) is 1.01. The molecule has 12 heavy (non-hydrogen) atoms. The van der Waals surface area contributed by atoms with E-state index in [1.807, 2.05) is 0 Å². The zero-order valence-corrected chi connectivity index (χ0v) is 6.14. The third-order valence-electron chi connectivity index (χ3n) is 1.44. The summed E-state index contributed by atoms with van der Waals surface area (Å²) in [6, 6.07) is 1.73. The molecule has 0 unspecified atom stereocenters. The molecule has 5 heteroatoms. The van der Waals surface area contributed by atoms with Gasteiger partial charge in [0.15, 0.2) is 6.33 Å². The van der Waals surface area contributed by atoms with Crippen LogP contribution in [0.1, 0.15) is 0 Å². The summed E-state index contributed by atoms with van der Waals surface area (Å²) in [5.74, 6) is 0.412. The molecule has 60 valence electrons. The quantitative estimate of drug-likeness (QED) is 0.668. The van der Waals surface area contributed by atoms with E-state index in [1.54, 1.807) is 18.5 Å². The van der Waals surface area contributed by atoms with Crippen LogP contribution in [0.5, 0.6) is 0 Å². The van der Waals surface area contributed by atoms with Crippen molar-refractivity contribution in [1.82, 2.24) is 15.1 Å². The van der Waals surface area contributed by atoms with Gasteiger partial charge >= 0.3 is 0 Å². The summed E-state index contributed by atoms with van der Waals surface area (Å²) in [6.45, 7) is 0. The lowest BCUT2D eigenvalue weighted by Crippen LogP contribution is -1.90. The van der Waals surface area contributed by atoms with E-state index in [0.29, 0.717) is 17.1 Å². The molecule has 0 fully saturated rings. The maximum absolute atomic E-state index is 5.62. The van der Waals surface area contributed by atoms with Gasteiger partial charge < -0.3 is 10.3 Å². The molecule has 0 spiro atoms. The van der Waals surface area contributed by atoms with E-state index in [2.05, 4.69) is 15.1 Å². The lowest BCUT2D eigenvalue weighted by Gasteiger charge is -1.96. The number of nitrogens with two attached hydrogens (primary N) is 1. The minimum atomic E-state index is 0.412. The summed E-state index contributed by atoms with van der Waals surface area (Å²) >= 11 is 0. The van der Waals surface area contributed by atoms with Crippen molar-refractivity contribution in [2.45, 2.75) is 0 Å². The van der Waals surface area contributed by atoms with Crippen LogP contribution < -0.4 is 5.73 Å². The van der Waals surface area contributed by atoms with Crippen LogP contribution in [0.4, 0.5) is 5.69 Å². The van der Waals surface area contributed by atoms with Crippen LogP contribution in [0.3, 0.4) is 0 Å². The first-order valence-corrected chi connectivity index (χ1v) is 3.34. The molecule has 0 aromatic carbocycles. The molecule has 0 radical (unpaired) electrons. The Balaban J connectivity index is 2.55. The van der Waals surface area contributed by atoms with Crippen LogP contribution in [-0.4, -0.2) is 15.1 Å². The summed E-state index contributed by atoms with van der Waals surface area (Å²) in [5, 5.41) is 3.48. The topological polar surface area (TPSA) is 77.8 Å². The molecular formula is C7H6N4O. The molecule has 2 N–H and O–H groups in total. The Labute approximate surface area is 68.2 Å². The molecule has 0 aliphatic rings. The summed E-state index contributed by atoms with van der Waals surface area (Å²) in [5.41, 5.74) is 6.86. The van der Waals surface area contributed by atoms with E-state index >= 15 is 0 Å². The fraction of sp³-hybridized carbons (Fsp3) is 0. The molecule has 0 aliphatic carbocycles. The molecule has 2 aromatic rings. The van der Waals surface area contributed by atoms with Crippen LogP contribution in [-0.2, 0) is 0 Å². The average Bonchev–Trinajstić information content (AvgIpc) is 2.57. The van der Waals surface area contributed by atoms with Gasteiger partial charge in [-0.2, -0.15) is 4.98 Å². The van der Waals surface area contributed by atoms with Crippen molar-refractivity contribution >= 4 is 5.69 Å². The van der Waals surface area contributed by atoms with E-state index in [4.69, 9.17) is 10.3 Å². The van der Waals surface area contributed by atoms with Crippen molar-refractivity contribution in [2.24, 2.45) is 0 Å². The summed E-state index contributed by atoms with van der Waals surface area (Å²) < 4.78 is 4.83. The van der Waals surface area contributed by atoms with Gasteiger partial charge in [0.05, 0.1) is 17.4 Å². The Morgan fingerprint density at radius 1 is 1.42 bits per heavy atom. The lowest BCUT2D eigenvalue weighted by molar-refractivity contribution is 0.430. The van der Waals surface area contributed by atoms with Crippen molar-refractivity contribution in [3.8, 4) is 11.5 Å². The number of aromatic nitrogens is 3. The van der Waals surface area contributed by atoms with E-state index in [-0.39, 0.29) is 0 Å². The summed E-state index contributed by atoms with van der Waals surface area (Å²) in [6.07, 6.45) is 4.49. The number of nitrogen functional groups attached to an aromatic ring is 1. The Hall–Kier alpha value is -1.91. The smallest absolute Gasteiger partial charge is 0.259 e. The highest BCUT2D eigenvalue weighted by atomic mass is 16.5. The minimum Gasteiger partial charge on any atom is -0.397 e. The second-order valence-corrected chi connectivity index (χ2v) is 2.21. The second-order valence-electron chi connectivity index (χ2n) is 2.21. The Morgan fingerprint density at radius 2 is 2.33 bits per heavy atom. The first-order valence-electron chi connectivity index (χ1n) is 3.34. The van der Waals surface area contributed by atoms with Gasteiger partial charge in [0.25, 0.3) is 5.89 Å². The van der Waals surface area contributed by atoms with Gasteiger partial charge in [-0.1, -0.05) is 5.16 Å². The molecule has 0 atom stereocenters. The fourth-order valence-electron chi connectivity index (χ4n) is 0.893. The highest BCUT2D eigenvalue weighted by Gasteiger charge is 2.06. The number of hydrogen-bond acceptors (Lipinski definition) is 5. The number of pyridine rings is 1. The number of rotatable bonds is 1. The van der Waals surface area contributed by atoms with Crippen molar-refractivity contribution in [2.75, 3.05) is 5.73 Å². The van der Waals surface area contributed by atoms with Gasteiger partial charge in [-0.25, -0.2) is 0 Å². The van der Waals surface area contributed by atoms with Gasteiger partial charge in [0.2, 0.25) is 0 Å². The maximum Gasteiger partial charge on any atom is 0.259 e. The molecule has 5 nitrogen and oxygen atoms in total. The Kier molecular flexibility index (Phi) is 1.48. The van der Waals surface area contributed by atoms with Crippen LogP contribution in [0, 0.1) is 0 Å². The molecule has 0 saturated heterocycles. The van der Waals surface area contributed by atoms with Crippen molar-refractivity contribution in [3.05, 3.63) is 24.8 Å². The van der Waals surface area contributed by atoms with E-state index in [0.717, 1.165) is 0 Å². The zero-order valence-electron chi connectivity index (χ0n) is 6.14. The highest BCUT2D eigenvalue weighted by molar-refractivity contribution is 5.68. The summed E-state index contributed by atoms with van der Waals surface area (Å²) in [4.78, 5) is 7.70. The molecule has 0 saturated carbocycles. The van der Waals surface area contributed by atoms with Gasteiger partial charge in [-0.05, 0) is 6.07 Å². The Bertz CT molecular complexity index is 371. The fourth-order valence-corrected chi connectivity index (χ4v) is 0.893. The minimum absolute atomic E-state index is 0.412. The van der Waals surface area contributed by atoms with Crippen LogP contribution in [0.2, 0.25) is 0 Å². The second kappa shape index (κ2) is 2.61. The molecule has 0 bridgehead atoms. The summed E-state index contributed by atoms with van der Waals surface area (Å²) in [7, 11) is 0. The van der Waals surface area contributed by atoms with Crippen molar-refractivity contribution < 1.29 is 4.52 Å². The van der Waals surface area contributed by atoms with E-state index < -0.39 is 0 Å².